The van der Waals surface area contributed by atoms with Crippen molar-refractivity contribution in [3.05, 3.63) is 105 Å². The van der Waals surface area contributed by atoms with E-state index in [1.54, 1.807) is 6.07 Å². The summed E-state index contributed by atoms with van der Waals surface area (Å²) in [5.74, 6) is 5.20. The minimum atomic E-state index is -1.11. The van der Waals surface area contributed by atoms with Crippen molar-refractivity contribution in [2.75, 3.05) is 0 Å². The van der Waals surface area contributed by atoms with Gasteiger partial charge in [0.25, 0.3) is 0 Å². The van der Waals surface area contributed by atoms with Crippen molar-refractivity contribution >= 4 is 0 Å². The van der Waals surface area contributed by atoms with Crippen molar-refractivity contribution in [2.45, 2.75) is 19.8 Å². The lowest BCUT2D eigenvalue weighted by Crippen LogP contribution is -1.93. The van der Waals surface area contributed by atoms with E-state index in [9.17, 15) is 22.0 Å². The average molecular weight is 410 g/mol. The second-order valence-corrected chi connectivity index (χ2v) is 6.51. The van der Waals surface area contributed by atoms with E-state index in [4.69, 9.17) is 0 Å². The van der Waals surface area contributed by atoms with E-state index in [0.717, 1.165) is 42.7 Å². The zero-order chi connectivity index (χ0) is 21.7. The number of hydrogen-bond donors (Lipinski definition) is 0. The molecule has 0 saturated carbocycles. The molecule has 3 aromatic rings. The third kappa shape index (κ3) is 5.07. The van der Waals surface area contributed by atoms with E-state index in [1.807, 2.05) is 6.92 Å². The van der Waals surface area contributed by atoms with Crippen LogP contribution in [0.15, 0.2) is 48.5 Å². The maximum atomic E-state index is 14.3. The van der Waals surface area contributed by atoms with Gasteiger partial charge in [0.15, 0.2) is 11.6 Å². The summed E-state index contributed by atoms with van der Waals surface area (Å²) < 4.78 is 68.8. The summed E-state index contributed by atoms with van der Waals surface area (Å²) in [5, 5.41) is 0. The van der Waals surface area contributed by atoms with Crippen LogP contribution >= 0.6 is 0 Å². The Labute approximate surface area is 171 Å². The molecule has 3 rings (SSSR count). The fourth-order valence-corrected chi connectivity index (χ4v) is 2.72. The van der Waals surface area contributed by atoms with Gasteiger partial charge in [0.1, 0.15) is 17.5 Å². The Bertz CT molecular complexity index is 1200. The maximum absolute atomic E-state index is 14.3. The van der Waals surface area contributed by atoms with Gasteiger partial charge in [-0.05, 0) is 54.4 Å². The molecule has 0 nitrogen and oxygen atoms in total. The molecule has 3 aromatic carbocycles. The normalized spacial score (nSPS) is 10.1. The van der Waals surface area contributed by atoms with Crippen LogP contribution in [0.5, 0.6) is 0 Å². The topological polar surface area (TPSA) is 0 Å². The highest BCUT2D eigenvalue weighted by molar-refractivity contribution is 5.49. The Morgan fingerprint density at radius 2 is 1.27 bits per heavy atom. The van der Waals surface area contributed by atoms with Gasteiger partial charge in [0.2, 0.25) is 0 Å². The zero-order valence-corrected chi connectivity index (χ0v) is 15.9. The molecule has 0 aliphatic carbocycles. The summed E-state index contributed by atoms with van der Waals surface area (Å²) in [6, 6.07) is 9.55. The number of rotatable bonds is 2. The van der Waals surface area contributed by atoms with Crippen molar-refractivity contribution in [3.8, 4) is 23.7 Å². The first-order valence-corrected chi connectivity index (χ1v) is 9.14. The van der Waals surface area contributed by atoms with Crippen LogP contribution in [0.1, 0.15) is 41.2 Å². The molecule has 0 saturated heterocycles. The Kier molecular flexibility index (Phi) is 6.54. The minimum absolute atomic E-state index is 0.0143. The Morgan fingerprint density at radius 1 is 0.600 bits per heavy atom. The van der Waals surface area contributed by atoms with Crippen LogP contribution in [-0.2, 0) is 6.42 Å². The van der Waals surface area contributed by atoms with Gasteiger partial charge in [0.05, 0.1) is 11.1 Å². The van der Waals surface area contributed by atoms with Gasteiger partial charge in [-0.1, -0.05) is 43.1 Å². The van der Waals surface area contributed by atoms with Gasteiger partial charge < -0.3 is 0 Å². The van der Waals surface area contributed by atoms with Crippen molar-refractivity contribution in [1.82, 2.24) is 0 Å². The molecule has 0 bridgehead atoms. The summed E-state index contributed by atoms with van der Waals surface area (Å²) in [4.78, 5) is 0. The zero-order valence-electron chi connectivity index (χ0n) is 15.9. The number of halogens is 5. The van der Waals surface area contributed by atoms with Crippen LogP contribution < -0.4 is 0 Å². The first kappa shape index (κ1) is 21.1. The molecular weight excluding hydrogens is 395 g/mol. The summed E-state index contributed by atoms with van der Waals surface area (Å²) >= 11 is 0. The third-order valence-corrected chi connectivity index (χ3v) is 4.21. The summed E-state index contributed by atoms with van der Waals surface area (Å²) in [5.41, 5.74) is 0.527. The van der Waals surface area contributed by atoms with Crippen molar-refractivity contribution in [3.63, 3.8) is 0 Å². The molecule has 0 radical (unpaired) electrons. The summed E-state index contributed by atoms with van der Waals surface area (Å²) in [6.45, 7) is 1.99. The van der Waals surface area contributed by atoms with Crippen LogP contribution in [0.25, 0.3) is 0 Å². The highest BCUT2D eigenvalue weighted by atomic mass is 19.2. The SMILES string of the molecule is CCCc1ccc(C#Cc2cc(F)c(C#Cc3ccc(F)c(F)c3)c(F)c2)c(F)c1. The molecule has 0 unspecified atom stereocenters. The molecule has 0 atom stereocenters. The predicted octanol–water partition coefficient (Wildman–Crippen LogP) is 6.13. The fraction of sp³-hybridized carbons (Fsp3) is 0.120. The summed E-state index contributed by atoms with van der Waals surface area (Å²) in [6.07, 6.45) is 1.63. The van der Waals surface area contributed by atoms with Crippen LogP contribution in [0.4, 0.5) is 22.0 Å². The number of benzene rings is 3. The van der Waals surface area contributed by atoms with Gasteiger partial charge in [-0.3, -0.25) is 0 Å². The number of aryl methyl sites for hydroxylation is 1. The first-order valence-electron chi connectivity index (χ1n) is 9.14. The van der Waals surface area contributed by atoms with Gasteiger partial charge in [-0.2, -0.15) is 0 Å². The third-order valence-electron chi connectivity index (χ3n) is 4.21. The standard InChI is InChI=1S/C25H15F5/c1-2-3-16-4-8-19(22(27)12-16)9-5-18-14-23(28)20(24(29)15-18)10-6-17-7-11-21(26)25(30)13-17/h4,7-8,11-15H,2-3H2,1H3. The van der Waals surface area contributed by atoms with Gasteiger partial charge >= 0.3 is 0 Å². The average Bonchev–Trinajstić information content (AvgIpc) is 2.69. The highest BCUT2D eigenvalue weighted by Gasteiger charge is 2.09. The lowest BCUT2D eigenvalue weighted by molar-refractivity contribution is 0.508. The molecule has 0 fully saturated rings. The quantitative estimate of drug-likeness (QED) is 0.352. The molecule has 150 valence electrons. The molecule has 0 aliphatic heterocycles. The molecule has 0 aromatic heterocycles. The molecule has 30 heavy (non-hydrogen) atoms. The molecule has 0 N–H and O–H groups in total. The Morgan fingerprint density at radius 3 is 1.90 bits per heavy atom. The van der Waals surface area contributed by atoms with Crippen LogP contribution in [-0.4, -0.2) is 0 Å². The second kappa shape index (κ2) is 9.29. The van der Waals surface area contributed by atoms with Gasteiger partial charge in [-0.15, -0.1) is 0 Å². The largest absolute Gasteiger partial charge is 0.206 e. The fourth-order valence-electron chi connectivity index (χ4n) is 2.72. The molecular formula is C25H15F5. The molecule has 0 amide bonds. The minimum Gasteiger partial charge on any atom is -0.206 e. The monoisotopic (exact) mass is 410 g/mol. The van der Waals surface area contributed by atoms with Crippen LogP contribution in [0.2, 0.25) is 0 Å². The lowest BCUT2D eigenvalue weighted by Gasteiger charge is -2.01. The van der Waals surface area contributed by atoms with E-state index in [2.05, 4.69) is 23.7 Å². The molecule has 0 spiro atoms. The maximum Gasteiger partial charge on any atom is 0.160 e. The first-order chi connectivity index (χ1) is 14.4. The summed E-state index contributed by atoms with van der Waals surface area (Å²) in [7, 11) is 0. The van der Waals surface area contributed by atoms with Crippen molar-refractivity contribution in [2.24, 2.45) is 0 Å². The Balaban J connectivity index is 1.87. The van der Waals surface area contributed by atoms with Gasteiger partial charge in [-0.25, -0.2) is 22.0 Å². The smallest absolute Gasteiger partial charge is 0.160 e. The lowest BCUT2D eigenvalue weighted by atomic mass is 10.1. The predicted molar refractivity (Wildman–Crippen MR) is 105 cm³/mol. The second-order valence-electron chi connectivity index (χ2n) is 6.51. The van der Waals surface area contributed by atoms with E-state index >= 15 is 0 Å². The highest BCUT2D eigenvalue weighted by Crippen LogP contribution is 2.16. The van der Waals surface area contributed by atoms with E-state index < -0.39 is 34.6 Å². The van der Waals surface area contributed by atoms with E-state index in [0.29, 0.717) is 0 Å². The molecule has 0 heterocycles. The van der Waals surface area contributed by atoms with E-state index in [-0.39, 0.29) is 16.7 Å². The van der Waals surface area contributed by atoms with Crippen molar-refractivity contribution in [1.29, 1.82) is 0 Å². The van der Waals surface area contributed by atoms with Crippen molar-refractivity contribution < 1.29 is 22.0 Å². The van der Waals surface area contributed by atoms with Gasteiger partial charge in [0, 0.05) is 11.1 Å². The van der Waals surface area contributed by atoms with Crippen LogP contribution in [0, 0.1) is 52.8 Å². The van der Waals surface area contributed by atoms with Crippen LogP contribution in [0.3, 0.4) is 0 Å². The molecule has 0 aliphatic rings. The van der Waals surface area contributed by atoms with E-state index in [1.165, 1.54) is 18.2 Å². The molecule has 5 heteroatoms. The number of hydrogen-bond acceptors (Lipinski definition) is 0. The Hall–Kier alpha value is -3.57.